The number of methoxy groups -OCH3 is 1. The topological polar surface area (TPSA) is 85.3 Å². The molecule has 7 nitrogen and oxygen atoms in total. The van der Waals surface area contributed by atoms with Crippen LogP contribution in [0.15, 0.2) is 17.4 Å². The second kappa shape index (κ2) is 9.47. The zero-order valence-electron chi connectivity index (χ0n) is 20.2. The Morgan fingerprint density at radius 2 is 2.09 bits per heavy atom. The molecule has 34 heavy (non-hydrogen) atoms. The van der Waals surface area contributed by atoms with Crippen molar-refractivity contribution in [3.8, 4) is 5.75 Å². The van der Waals surface area contributed by atoms with E-state index in [4.69, 9.17) is 21.1 Å². The number of nitrogens with zero attached hydrogens (tertiary/aromatic N) is 1. The van der Waals surface area contributed by atoms with E-state index in [9.17, 15) is 9.59 Å². The Morgan fingerprint density at radius 3 is 2.76 bits per heavy atom. The number of halogens is 1. The summed E-state index contributed by atoms with van der Waals surface area (Å²) in [5.74, 6) is 0.466. The standard InChI is InChI=1S/C26H32ClN3O4/c1-15-12-22(33-5)20(24(31)29-15)14-28-25(32)23-17(3)30(16(2)18-7-10-34-11-8-18)21-13-26(4,27)9-6-19(21)23/h6,12-13,18H,2,7-11,14H2,1,3-5H3,(H,28,32)(H,29,31). The second-order valence-corrected chi connectivity index (χ2v) is 10.2. The van der Waals surface area contributed by atoms with Crippen molar-refractivity contribution >= 4 is 35.4 Å². The minimum absolute atomic E-state index is 0.0505. The Labute approximate surface area is 204 Å². The summed E-state index contributed by atoms with van der Waals surface area (Å²) < 4.78 is 13.0. The highest BCUT2D eigenvalue weighted by Crippen LogP contribution is 2.28. The average molecular weight is 486 g/mol. The van der Waals surface area contributed by atoms with Crippen LogP contribution in [0, 0.1) is 19.8 Å². The number of aromatic amines is 1. The number of hydrogen-bond donors (Lipinski definition) is 2. The van der Waals surface area contributed by atoms with E-state index in [1.54, 1.807) is 13.0 Å². The van der Waals surface area contributed by atoms with Crippen molar-refractivity contribution in [2.75, 3.05) is 20.3 Å². The van der Waals surface area contributed by atoms with E-state index >= 15 is 0 Å². The third kappa shape index (κ3) is 4.59. The fourth-order valence-electron chi connectivity index (χ4n) is 4.89. The Kier molecular flexibility index (Phi) is 6.78. The highest BCUT2D eigenvalue weighted by Gasteiger charge is 2.28. The van der Waals surface area contributed by atoms with Gasteiger partial charge in [-0.25, -0.2) is 0 Å². The number of hydrogen-bond acceptors (Lipinski definition) is 4. The van der Waals surface area contributed by atoms with Gasteiger partial charge in [-0.05, 0) is 52.2 Å². The van der Waals surface area contributed by atoms with Gasteiger partial charge in [0.15, 0.2) is 0 Å². The first-order chi connectivity index (χ1) is 16.1. The summed E-state index contributed by atoms with van der Waals surface area (Å²) >= 11 is 6.71. The van der Waals surface area contributed by atoms with Gasteiger partial charge in [0, 0.05) is 41.4 Å². The Hall–Kier alpha value is -2.77. The van der Waals surface area contributed by atoms with Crippen LogP contribution < -0.4 is 26.2 Å². The molecular weight excluding hydrogens is 454 g/mol. The Balaban J connectivity index is 1.73. The normalized spacial score (nSPS) is 20.1. The molecule has 1 aliphatic heterocycles. The van der Waals surface area contributed by atoms with E-state index in [0.29, 0.717) is 42.2 Å². The number of aryl methyl sites for hydroxylation is 1. The van der Waals surface area contributed by atoms with Crippen LogP contribution in [0.5, 0.6) is 5.75 Å². The monoisotopic (exact) mass is 485 g/mol. The zero-order chi connectivity index (χ0) is 24.6. The van der Waals surface area contributed by atoms with Crippen molar-refractivity contribution < 1.29 is 14.3 Å². The molecule has 0 aromatic carbocycles. The number of aromatic nitrogens is 2. The third-order valence-electron chi connectivity index (χ3n) is 6.71. The van der Waals surface area contributed by atoms with E-state index in [1.807, 2.05) is 26.0 Å². The molecule has 1 atom stereocenters. The maximum Gasteiger partial charge on any atom is 0.256 e. The summed E-state index contributed by atoms with van der Waals surface area (Å²) in [7, 11) is 1.51. The highest BCUT2D eigenvalue weighted by atomic mass is 35.5. The van der Waals surface area contributed by atoms with E-state index in [0.717, 1.165) is 34.8 Å². The first kappa shape index (κ1) is 24.4. The third-order valence-corrected chi connectivity index (χ3v) is 6.97. The smallest absolute Gasteiger partial charge is 0.256 e. The molecule has 0 spiro atoms. The number of carbonyl (C=O) groups is 1. The quantitative estimate of drug-likeness (QED) is 0.616. The molecule has 182 valence electrons. The van der Waals surface area contributed by atoms with Gasteiger partial charge < -0.3 is 24.3 Å². The molecule has 1 fully saturated rings. The number of amides is 1. The maximum absolute atomic E-state index is 13.5. The SMILES string of the molecule is C=C(C1CCOCC1)n1c(C)c(C(=O)NCc2c(OC)cc(C)[nH]c2=O)c2c1=CC(C)(Cl)CC=2. The number of allylic oxidation sites excluding steroid dienone is 1. The zero-order valence-corrected chi connectivity index (χ0v) is 21.0. The van der Waals surface area contributed by atoms with E-state index < -0.39 is 4.87 Å². The van der Waals surface area contributed by atoms with Gasteiger partial charge in [0.05, 0.1) is 35.0 Å². The number of fused-ring (bicyclic) bond motifs is 1. The molecule has 1 unspecified atom stereocenters. The van der Waals surface area contributed by atoms with Crippen LogP contribution in [0.1, 0.15) is 53.5 Å². The van der Waals surface area contributed by atoms with Crippen molar-refractivity contribution in [2.24, 2.45) is 5.92 Å². The largest absolute Gasteiger partial charge is 0.496 e. The lowest BCUT2D eigenvalue weighted by molar-refractivity contribution is 0.0795. The molecule has 2 aromatic heterocycles. The first-order valence-electron chi connectivity index (χ1n) is 11.6. The van der Waals surface area contributed by atoms with Gasteiger partial charge in [-0.2, -0.15) is 0 Å². The summed E-state index contributed by atoms with van der Waals surface area (Å²) in [6, 6.07) is 1.74. The van der Waals surface area contributed by atoms with Crippen LogP contribution >= 0.6 is 11.6 Å². The van der Waals surface area contributed by atoms with Crippen LogP contribution in [-0.2, 0) is 11.3 Å². The summed E-state index contributed by atoms with van der Waals surface area (Å²) in [4.78, 5) is 28.2. The van der Waals surface area contributed by atoms with Crippen molar-refractivity contribution in [3.05, 3.63) is 56.1 Å². The molecule has 8 heteroatoms. The fourth-order valence-corrected chi connectivity index (χ4v) is 5.07. The number of H-pyrrole nitrogens is 1. The first-order valence-corrected chi connectivity index (χ1v) is 12.0. The Morgan fingerprint density at radius 1 is 1.38 bits per heavy atom. The van der Waals surface area contributed by atoms with Crippen LogP contribution in [0.3, 0.4) is 0 Å². The van der Waals surface area contributed by atoms with Crippen molar-refractivity contribution in [1.29, 1.82) is 0 Å². The summed E-state index contributed by atoms with van der Waals surface area (Å²) in [6.07, 6.45) is 6.44. The van der Waals surface area contributed by atoms with Gasteiger partial charge in [0.1, 0.15) is 5.75 Å². The number of ether oxygens (including phenoxy) is 2. The van der Waals surface area contributed by atoms with E-state index in [1.165, 1.54) is 7.11 Å². The van der Waals surface area contributed by atoms with E-state index in [-0.39, 0.29) is 23.9 Å². The molecule has 0 bridgehead atoms. The molecule has 1 aliphatic carbocycles. The highest BCUT2D eigenvalue weighted by molar-refractivity contribution is 6.27. The second-order valence-electron chi connectivity index (χ2n) is 9.31. The molecule has 0 radical (unpaired) electrons. The van der Waals surface area contributed by atoms with Crippen LogP contribution in [0.2, 0.25) is 0 Å². The van der Waals surface area contributed by atoms with Crippen molar-refractivity contribution in [1.82, 2.24) is 14.9 Å². The van der Waals surface area contributed by atoms with Gasteiger partial charge in [-0.3, -0.25) is 9.59 Å². The van der Waals surface area contributed by atoms with Crippen molar-refractivity contribution in [2.45, 2.75) is 51.5 Å². The number of nitrogens with one attached hydrogen (secondary N) is 2. The van der Waals surface area contributed by atoms with Gasteiger partial charge in [-0.1, -0.05) is 12.7 Å². The lowest BCUT2D eigenvalue weighted by Gasteiger charge is -2.26. The summed E-state index contributed by atoms with van der Waals surface area (Å²) in [5.41, 5.74) is 3.13. The lowest BCUT2D eigenvalue weighted by atomic mass is 9.96. The lowest BCUT2D eigenvalue weighted by Crippen LogP contribution is -2.40. The molecule has 4 rings (SSSR count). The predicted octanol–water partition coefficient (Wildman–Crippen LogP) is 2.59. The van der Waals surface area contributed by atoms with Gasteiger partial charge in [-0.15, -0.1) is 11.6 Å². The molecule has 2 aliphatic rings. The minimum Gasteiger partial charge on any atom is -0.496 e. The Bertz CT molecular complexity index is 1310. The van der Waals surface area contributed by atoms with Crippen LogP contribution in [-0.4, -0.2) is 40.7 Å². The number of carbonyl (C=O) groups excluding carboxylic acids is 1. The molecule has 0 saturated carbocycles. The number of rotatable bonds is 6. The maximum atomic E-state index is 13.5. The molecule has 1 saturated heterocycles. The number of pyridine rings is 1. The van der Waals surface area contributed by atoms with Gasteiger partial charge in [0.25, 0.3) is 11.5 Å². The fraction of sp³-hybridized carbons (Fsp3) is 0.462. The van der Waals surface area contributed by atoms with E-state index in [2.05, 4.69) is 21.4 Å². The average Bonchev–Trinajstić information content (AvgIpc) is 3.07. The molecule has 3 heterocycles. The van der Waals surface area contributed by atoms with Crippen LogP contribution in [0.4, 0.5) is 0 Å². The van der Waals surface area contributed by atoms with Crippen LogP contribution in [0.25, 0.3) is 17.8 Å². The summed E-state index contributed by atoms with van der Waals surface area (Å²) in [5, 5.41) is 4.67. The summed E-state index contributed by atoms with van der Waals surface area (Å²) in [6.45, 7) is 11.6. The number of alkyl halides is 1. The minimum atomic E-state index is -0.540. The van der Waals surface area contributed by atoms with Crippen molar-refractivity contribution in [3.63, 3.8) is 0 Å². The molecule has 2 aromatic rings. The predicted molar refractivity (Wildman–Crippen MR) is 135 cm³/mol. The molecule has 2 N–H and O–H groups in total. The van der Waals surface area contributed by atoms with Gasteiger partial charge >= 0.3 is 0 Å². The molecule has 1 amide bonds. The molecular formula is C26H32ClN3O4. The van der Waals surface area contributed by atoms with Gasteiger partial charge in [0.2, 0.25) is 0 Å².